The molecule has 0 saturated heterocycles. The Bertz CT molecular complexity index is 1080. The predicted molar refractivity (Wildman–Crippen MR) is 95.8 cm³/mol. The third kappa shape index (κ3) is 2.97. The summed E-state index contributed by atoms with van der Waals surface area (Å²) in [7, 11) is 0. The third-order valence-electron chi connectivity index (χ3n) is 3.74. The van der Waals surface area contributed by atoms with Crippen molar-refractivity contribution in [2.75, 3.05) is 0 Å². The van der Waals surface area contributed by atoms with E-state index in [1.54, 1.807) is 16.8 Å². The van der Waals surface area contributed by atoms with E-state index in [1.165, 1.54) is 11.8 Å². The number of fused-ring (bicyclic) bond motifs is 1. The van der Waals surface area contributed by atoms with Crippen molar-refractivity contribution in [3.63, 3.8) is 0 Å². The van der Waals surface area contributed by atoms with Gasteiger partial charge < -0.3 is 4.40 Å². The summed E-state index contributed by atoms with van der Waals surface area (Å²) < 4.78 is 3.61. The van der Waals surface area contributed by atoms with E-state index in [0.717, 1.165) is 16.8 Å². The van der Waals surface area contributed by atoms with Gasteiger partial charge in [-0.05, 0) is 52.4 Å². The molecule has 0 aliphatic heterocycles. The van der Waals surface area contributed by atoms with E-state index < -0.39 is 0 Å². The van der Waals surface area contributed by atoms with Gasteiger partial charge in [0.25, 0.3) is 0 Å². The molecule has 8 heteroatoms. The normalized spacial score (nSPS) is 10.9. The highest BCUT2D eigenvalue weighted by molar-refractivity contribution is 7.98. The Kier molecular flexibility index (Phi) is 4.14. The van der Waals surface area contributed by atoms with Crippen LogP contribution in [0.4, 0.5) is 0 Å². The molecule has 6 nitrogen and oxygen atoms in total. The molecule has 0 N–H and O–H groups in total. The van der Waals surface area contributed by atoms with Crippen LogP contribution in [0.1, 0.15) is 11.1 Å². The summed E-state index contributed by atoms with van der Waals surface area (Å²) in [6.45, 7) is 0. The van der Waals surface area contributed by atoms with Gasteiger partial charge in [0.1, 0.15) is 6.07 Å². The Morgan fingerprint density at radius 3 is 2.80 bits per heavy atom. The van der Waals surface area contributed by atoms with Gasteiger partial charge in [-0.15, -0.1) is 5.10 Å². The number of pyridine rings is 1. The van der Waals surface area contributed by atoms with Gasteiger partial charge in [-0.25, -0.2) is 0 Å². The Morgan fingerprint density at radius 1 is 1.16 bits per heavy atom. The number of nitrogens with zero attached hydrogens (tertiary/aromatic N) is 6. The Labute approximate surface area is 152 Å². The van der Waals surface area contributed by atoms with Gasteiger partial charge in [0.15, 0.2) is 0 Å². The summed E-state index contributed by atoms with van der Waals surface area (Å²) in [6, 6.07) is 15.4. The van der Waals surface area contributed by atoms with Crippen molar-refractivity contribution < 1.29 is 0 Å². The maximum Gasteiger partial charge on any atom is 0.214 e. The highest BCUT2D eigenvalue weighted by Crippen LogP contribution is 2.27. The third-order valence-corrected chi connectivity index (χ3v) is 4.96. The number of hydrogen-bond acceptors (Lipinski definition) is 5. The van der Waals surface area contributed by atoms with Gasteiger partial charge in [0, 0.05) is 23.2 Å². The van der Waals surface area contributed by atoms with Gasteiger partial charge in [0.2, 0.25) is 5.16 Å². The van der Waals surface area contributed by atoms with Crippen LogP contribution in [0.25, 0.3) is 11.2 Å². The summed E-state index contributed by atoms with van der Waals surface area (Å²) in [4.78, 5) is 0. The van der Waals surface area contributed by atoms with Crippen LogP contribution in [0.15, 0.2) is 60.0 Å². The van der Waals surface area contributed by atoms with Crippen LogP contribution in [0.5, 0.6) is 0 Å². The van der Waals surface area contributed by atoms with E-state index in [1.807, 2.05) is 47.1 Å². The fraction of sp³-hybridized carbons (Fsp3) is 0.0588. The molecule has 4 rings (SSSR count). The maximum absolute atomic E-state index is 9.49. The van der Waals surface area contributed by atoms with E-state index in [4.69, 9.17) is 11.6 Å². The number of halogens is 1. The molecule has 0 amide bonds. The summed E-state index contributed by atoms with van der Waals surface area (Å²) in [5.74, 6) is 0.596. The zero-order chi connectivity index (χ0) is 17.2. The smallest absolute Gasteiger partial charge is 0.214 e. The molecule has 4 aromatic rings. The fourth-order valence-electron chi connectivity index (χ4n) is 2.57. The minimum absolute atomic E-state index is 0.596. The SMILES string of the molecule is N#Cc1c(CSc2nnnn2-c2ccc(Cl)cc2)cn2ccccc12. The lowest BCUT2D eigenvalue weighted by Crippen LogP contribution is -1.98. The molecule has 122 valence electrons. The Hall–Kier alpha value is -2.82. The zero-order valence-electron chi connectivity index (χ0n) is 12.9. The van der Waals surface area contributed by atoms with Gasteiger partial charge in [-0.3, -0.25) is 0 Å². The molecule has 0 fully saturated rings. The quantitative estimate of drug-likeness (QED) is 0.514. The van der Waals surface area contributed by atoms with Gasteiger partial charge in [-0.2, -0.15) is 9.94 Å². The van der Waals surface area contributed by atoms with Crippen LogP contribution in [0.3, 0.4) is 0 Å². The lowest BCUT2D eigenvalue weighted by Gasteiger charge is -2.04. The van der Waals surface area contributed by atoms with Crippen LogP contribution >= 0.6 is 23.4 Å². The molecule has 0 spiro atoms. The topological polar surface area (TPSA) is 71.8 Å². The van der Waals surface area contributed by atoms with E-state index in [2.05, 4.69) is 21.6 Å². The number of thioether (sulfide) groups is 1. The van der Waals surface area contributed by atoms with Crippen molar-refractivity contribution in [1.29, 1.82) is 5.26 Å². The largest absolute Gasteiger partial charge is 0.322 e. The molecule has 0 aliphatic rings. The second kappa shape index (κ2) is 6.59. The highest BCUT2D eigenvalue weighted by Gasteiger charge is 2.14. The van der Waals surface area contributed by atoms with Crippen molar-refractivity contribution >= 4 is 28.9 Å². The van der Waals surface area contributed by atoms with Gasteiger partial charge >= 0.3 is 0 Å². The van der Waals surface area contributed by atoms with Crippen LogP contribution in [-0.4, -0.2) is 24.6 Å². The minimum atomic E-state index is 0.596. The molecule has 0 atom stereocenters. The molecule has 3 aromatic heterocycles. The Morgan fingerprint density at radius 2 is 2.00 bits per heavy atom. The predicted octanol–water partition coefficient (Wildman–Crippen LogP) is 3.73. The van der Waals surface area contributed by atoms with Crippen molar-refractivity contribution in [3.05, 3.63) is 71.0 Å². The second-order valence-corrected chi connectivity index (χ2v) is 6.65. The van der Waals surface area contributed by atoms with Crippen molar-refractivity contribution in [2.24, 2.45) is 0 Å². The summed E-state index contributed by atoms with van der Waals surface area (Å²) >= 11 is 7.41. The molecule has 0 saturated carbocycles. The lowest BCUT2D eigenvalue weighted by molar-refractivity contribution is 0.756. The average Bonchev–Trinajstić information content (AvgIpc) is 3.24. The van der Waals surface area contributed by atoms with Crippen LogP contribution in [0, 0.1) is 11.3 Å². The molecular formula is C17H11ClN6S. The number of hydrogen-bond donors (Lipinski definition) is 0. The second-order valence-electron chi connectivity index (χ2n) is 5.27. The first-order valence-electron chi connectivity index (χ1n) is 7.42. The average molecular weight is 367 g/mol. The highest BCUT2D eigenvalue weighted by atomic mass is 35.5. The molecule has 0 aliphatic carbocycles. The monoisotopic (exact) mass is 366 g/mol. The first kappa shape index (κ1) is 15.7. The maximum atomic E-state index is 9.49. The van der Waals surface area contributed by atoms with Crippen molar-refractivity contribution in [3.8, 4) is 11.8 Å². The van der Waals surface area contributed by atoms with E-state index in [-0.39, 0.29) is 0 Å². The summed E-state index contributed by atoms with van der Waals surface area (Å²) in [5, 5.41) is 22.7. The van der Waals surface area contributed by atoms with Crippen LogP contribution in [0.2, 0.25) is 5.02 Å². The Balaban J connectivity index is 1.62. The van der Waals surface area contributed by atoms with Crippen LogP contribution in [-0.2, 0) is 5.75 Å². The first-order chi connectivity index (χ1) is 12.3. The summed E-state index contributed by atoms with van der Waals surface area (Å²) in [5.41, 5.74) is 3.36. The molecular weight excluding hydrogens is 356 g/mol. The standard InChI is InChI=1S/C17H11ClN6S/c18-13-4-6-14(7-5-13)24-17(20-21-22-24)25-11-12-10-23-8-2-1-3-16(23)15(12)9-19/h1-8,10H,11H2. The van der Waals surface area contributed by atoms with E-state index in [9.17, 15) is 5.26 Å². The lowest BCUT2D eigenvalue weighted by atomic mass is 10.2. The van der Waals surface area contributed by atoms with E-state index >= 15 is 0 Å². The molecule has 25 heavy (non-hydrogen) atoms. The number of rotatable bonds is 4. The molecule has 1 aromatic carbocycles. The first-order valence-corrected chi connectivity index (χ1v) is 8.78. The molecule has 0 unspecified atom stereocenters. The van der Waals surface area contributed by atoms with Crippen LogP contribution < -0.4 is 0 Å². The molecule has 0 bridgehead atoms. The minimum Gasteiger partial charge on any atom is -0.322 e. The zero-order valence-corrected chi connectivity index (χ0v) is 14.4. The number of tetrazole rings is 1. The van der Waals surface area contributed by atoms with Crippen molar-refractivity contribution in [2.45, 2.75) is 10.9 Å². The fourth-order valence-corrected chi connectivity index (χ4v) is 3.56. The summed E-state index contributed by atoms with van der Waals surface area (Å²) in [6.07, 6.45) is 3.90. The number of benzene rings is 1. The molecule has 0 radical (unpaired) electrons. The number of nitriles is 1. The number of aromatic nitrogens is 5. The van der Waals surface area contributed by atoms with E-state index in [0.29, 0.717) is 21.5 Å². The van der Waals surface area contributed by atoms with Gasteiger partial charge in [0.05, 0.1) is 16.8 Å². The molecule has 3 heterocycles. The van der Waals surface area contributed by atoms with Gasteiger partial charge in [-0.1, -0.05) is 29.4 Å². The van der Waals surface area contributed by atoms with Crippen molar-refractivity contribution in [1.82, 2.24) is 24.6 Å².